The number of nitrogens with one attached hydrogen (secondary N) is 2. The summed E-state index contributed by atoms with van der Waals surface area (Å²) in [4.78, 5) is 51.3. The summed E-state index contributed by atoms with van der Waals surface area (Å²) in [6.07, 6.45) is 1.57. The second-order valence-electron chi connectivity index (χ2n) is 8.14. The SMILES string of the molecule is O=CC(=O)C1c2c(ccc(N3C4CNCC3C4)c2F)CN1C1CCC(=O)NC1=O. The quantitative estimate of drug-likeness (QED) is 0.411. The standard InChI is InChI=1S/C20H21FN4O4/c21-18-13(25-11-5-12(25)7-22-6-11)2-1-10-8-24(19(17(10)18)15(27)9-26)14-3-4-16(28)23-20(14)29/h1-2,9,11-12,14,19,22H,3-8H2,(H,23,28,29). The van der Waals surface area contributed by atoms with Gasteiger partial charge in [0, 0.05) is 43.7 Å². The minimum Gasteiger partial charge on any atom is -0.360 e. The van der Waals surface area contributed by atoms with E-state index < -0.39 is 29.6 Å². The lowest BCUT2D eigenvalue weighted by molar-refractivity contribution is -0.141. The molecule has 3 saturated heterocycles. The molecular formula is C20H21FN4O4. The van der Waals surface area contributed by atoms with Gasteiger partial charge < -0.3 is 10.2 Å². The monoisotopic (exact) mass is 400 g/mol. The van der Waals surface area contributed by atoms with Crippen LogP contribution in [0.25, 0.3) is 0 Å². The van der Waals surface area contributed by atoms with Gasteiger partial charge in [-0.3, -0.25) is 29.4 Å². The molecule has 29 heavy (non-hydrogen) atoms. The summed E-state index contributed by atoms with van der Waals surface area (Å²) in [7, 11) is 0. The number of benzene rings is 1. The number of amides is 2. The summed E-state index contributed by atoms with van der Waals surface area (Å²) >= 11 is 0. The van der Waals surface area contributed by atoms with Crippen LogP contribution in [0.4, 0.5) is 10.1 Å². The molecule has 0 radical (unpaired) electrons. The molecule has 3 fully saturated rings. The summed E-state index contributed by atoms with van der Waals surface area (Å²) in [5.74, 6) is -2.15. The van der Waals surface area contributed by atoms with E-state index >= 15 is 4.39 Å². The van der Waals surface area contributed by atoms with E-state index in [0.717, 1.165) is 19.5 Å². The van der Waals surface area contributed by atoms with Crippen LogP contribution in [0.5, 0.6) is 0 Å². The minimum atomic E-state index is -1.15. The van der Waals surface area contributed by atoms with Crippen LogP contribution in [0.3, 0.4) is 0 Å². The summed E-state index contributed by atoms with van der Waals surface area (Å²) < 4.78 is 15.7. The maximum absolute atomic E-state index is 15.7. The Morgan fingerprint density at radius 2 is 1.97 bits per heavy atom. The number of carbonyl (C=O) groups excluding carboxylic acids is 4. The van der Waals surface area contributed by atoms with Crippen molar-refractivity contribution in [1.29, 1.82) is 0 Å². The molecule has 2 bridgehead atoms. The lowest BCUT2D eigenvalue weighted by atomic mass is 9.87. The molecule has 0 aliphatic carbocycles. The third-order valence-electron chi connectivity index (χ3n) is 6.57. The topological polar surface area (TPSA) is 98.8 Å². The Balaban J connectivity index is 1.53. The molecule has 4 atom stereocenters. The molecule has 0 aromatic heterocycles. The molecule has 0 spiro atoms. The van der Waals surface area contributed by atoms with Crippen molar-refractivity contribution in [3.63, 3.8) is 0 Å². The molecule has 4 aliphatic heterocycles. The number of aldehydes is 1. The van der Waals surface area contributed by atoms with Gasteiger partial charge in [0.2, 0.25) is 17.6 Å². The van der Waals surface area contributed by atoms with Crippen molar-refractivity contribution in [2.45, 2.75) is 50.0 Å². The number of anilines is 1. The summed E-state index contributed by atoms with van der Waals surface area (Å²) in [5, 5.41) is 5.58. The molecule has 1 aromatic rings. The van der Waals surface area contributed by atoms with Gasteiger partial charge in [-0.05, 0) is 24.5 Å². The fraction of sp³-hybridized carbons (Fsp3) is 0.500. The van der Waals surface area contributed by atoms with Gasteiger partial charge >= 0.3 is 0 Å². The molecule has 1 aromatic carbocycles. The van der Waals surface area contributed by atoms with Crippen molar-refractivity contribution in [3.8, 4) is 0 Å². The van der Waals surface area contributed by atoms with Crippen molar-refractivity contribution in [2.24, 2.45) is 0 Å². The zero-order valence-corrected chi connectivity index (χ0v) is 15.7. The smallest absolute Gasteiger partial charge is 0.243 e. The lowest BCUT2D eigenvalue weighted by Gasteiger charge is -2.54. The highest BCUT2D eigenvalue weighted by Gasteiger charge is 2.47. The predicted octanol–water partition coefficient (Wildman–Crippen LogP) is -0.194. The Morgan fingerprint density at radius 3 is 2.62 bits per heavy atom. The molecule has 2 N–H and O–H groups in total. The van der Waals surface area contributed by atoms with E-state index in [9.17, 15) is 19.2 Å². The van der Waals surface area contributed by atoms with Crippen LogP contribution in [-0.2, 0) is 25.7 Å². The Kier molecular flexibility index (Phi) is 4.25. The largest absolute Gasteiger partial charge is 0.360 e. The first-order valence-corrected chi connectivity index (χ1v) is 9.88. The molecule has 0 saturated carbocycles. The van der Waals surface area contributed by atoms with Crippen LogP contribution >= 0.6 is 0 Å². The predicted molar refractivity (Wildman–Crippen MR) is 99.5 cm³/mol. The first-order valence-electron chi connectivity index (χ1n) is 9.88. The van der Waals surface area contributed by atoms with Gasteiger partial charge in [-0.2, -0.15) is 0 Å². The molecule has 4 aliphatic rings. The number of piperidine rings is 2. The average molecular weight is 400 g/mol. The summed E-state index contributed by atoms with van der Waals surface area (Å²) in [5.41, 5.74) is 1.22. The van der Waals surface area contributed by atoms with E-state index in [4.69, 9.17) is 0 Å². The molecule has 5 rings (SSSR count). The van der Waals surface area contributed by atoms with Crippen molar-refractivity contribution in [2.75, 3.05) is 18.0 Å². The minimum absolute atomic E-state index is 0.142. The van der Waals surface area contributed by atoms with E-state index in [1.54, 1.807) is 17.0 Å². The van der Waals surface area contributed by atoms with Gasteiger partial charge in [0.05, 0.1) is 11.7 Å². The maximum Gasteiger partial charge on any atom is 0.243 e. The van der Waals surface area contributed by atoms with Gasteiger partial charge in [0.25, 0.3) is 0 Å². The molecule has 2 amide bonds. The number of carbonyl (C=O) groups is 4. The highest BCUT2D eigenvalue weighted by atomic mass is 19.1. The molecule has 152 valence electrons. The lowest BCUT2D eigenvalue weighted by Crippen LogP contribution is -2.68. The van der Waals surface area contributed by atoms with E-state index in [0.29, 0.717) is 11.3 Å². The molecule has 9 heteroatoms. The van der Waals surface area contributed by atoms with E-state index in [2.05, 4.69) is 10.6 Å². The average Bonchev–Trinajstić information content (AvgIpc) is 3.10. The Bertz CT molecular complexity index is 921. The van der Waals surface area contributed by atoms with Crippen molar-refractivity contribution >= 4 is 29.6 Å². The summed E-state index contributed by atoms with van der Waals surface area (Å²) in [6.45, 7) is 1.75. The number of hydrogen-bond acceptors (Lipinski definition) is 7. The zero-order chi connectivity index (χ0) is 20.3. The first kappa shape index (κ1) is 18.4. The number of ketones is 1. The molecule has 4 heterocycles. The van der Waals surface area contributed by atoms with Gasteiger partial charge in [0.1, 0.15) is 6.04 Å². The maximum atomic E-state index is 15.7. The fourth-order valence-corrected chi connectivity index (χ4v) is 5.24. The number of rotatable bonds is 4. The summed E-state index contributed by atoms with van der Waals surface area (Å²) in [6, 6.07) is 2.04. The van der Waals surface area contributed by atoms with Gasteiger partial charge in [-0.25, -0.2) is 4.39 Å². The number of hydrogen-bond donors (Lipinski definition) is 2. The highest BCUT2D eigenvalue weighted by molar-refractivity contribution is 6.27. The number of halogens is 1. The highest BCUT2D eigenvalue weighted by Crippen LogP contribution is 2.44. The Morgan fingerprint density at radius 1 is 1.21 bits per heavy atom. The van der Waals surface area contributed by atoms with Gasteiger partial charge in [-0.1, -0.05) is 6.07 Å². The van der Waals surface area contributed by atoms with E-state index in [1.807, 2.05) is 4.90 Å². The molecule has 4 unspecified atom stereocenters. The number of imide groups is 1. The Hall–Kier alpha value is -2.65. The van der Waals surface area contributed by atoms with Crippen LogP contribution in [0.2, 0.25) is 0 Å². The van der Waals surface area contributed by atoms with Crippen LogP contribution < -0.4 is 15.5 Å². The third-order valence-corrected chi connectivity index (χ3v) is 6.57. The number of piperazine rings is 1. The van der Waals surface area contributed by atoms with Crippen molar-refractivity contribution in [1.82, 2.24) is 15.5 Å². The van der Waals surface area contributed by atoms with Crippen molar-refractivity contribution < 1.29 is 23.6 Å². The van der Waals surface area contributed by atoms with Crippen molar-refractivity contribution in [3.05, 3.63) is 29.1 Å². The Labute approximate surface area is 166 Å². The van der Waals surface area contributed by atoms with Crippen LogP contribution in [-0.4, -0.2) is 60.0 Å². The van der Waals surface area contributed by atoms with Gasteiger partial charge in [0.15, 0.2) is 12.1 Å². The van der Waals surface area contributed by atoms with Crippen LogP contribution in [0, 0.1) is 5.82 Å². The fourth-order valence-electron chi connectivity index (χ4n) is 5.24. The zero-order valence-electron chi connectivity index (χ0n) is 15.7. The normalized spacial score (nSPS) is 31.1. The van der Waals surface area contributed by atoms with E-state index in [-0.39, 0.29) is 49.2 Å². The second-order valence-corrected chi connectivity index (χ2v) is 8.14. The third kappa shape index (κ3) is 2.71. The number of nitrogens with zero attached hydrogens (tertiary/aromatic N) is 2. The number of Topliss-reactive ketones (excluding diaryl/α,β-unsaturated/α-hetero) is 1. The second kappa shape index (κ2) is 6.70. The number of fused-ring (bicyclic) bond motifs is 3. The molecular weight excluding hydrogens is 379 g/mol. The van der Waals surface area contributed by atoms with Crippen LogP contribution in [0.15, 0.2) is 12.1 Å². The molecule has 8 nitrogen and oxygen atoms in total. The van der Waals surface area contributed by atoms with E-state index in [1.165, 1.54) is 0 Å². The van der Waals surface area contributed by atoms with Crippen LogP contribution in [0.1, 0.15) is 36.4 Å². The van der Waals surface area contributed by atoms with Gasteiger partial charge in [-0.15, -0.1) is 0 Å². The first-order chi connectivity index (χ1) is 14.0.